The molecule has 6 nitrogen and oxygen atoms in total. The van der Waals surface area contributed by atoms with Gasteiger partial charge >= 0.3 is 0 Å². The van der Waals surface area contributed by atoms with Gasteiger partial charge in [0.1, 0.15) is 6.04 Å². The number of amides is 1. The minimum atomic E-state index is -3.31. The lowest BCUT2D eigenvalue weighted by atomic mass is 10.0. The molecule has 0 unspecified atom stereocenters. The molecular weight excluding hydrogens is 268 g/mol. The van der Waals surface area contributed by atoms with Crippen LogP contribution in [0.4, 0.5) is 0 Å². The van der Waals surface area contributed by atoms with E-state index in [1.807, 2.05) is 0 Å². The van der Waals surface area contributed by atoms with E-state index in [-0.39, 0.29) is 5.91 Å². The molecule has 0 aromatic rings. The topological polar surface area (TPSA) is 75.7 Å². The first kappa shape index (κ1) is 14.7. The molecule has 2 aliphatic rings. The van der Waals surface area contributed by atoms with Gasteiger partial charge in [-0.1, -0.05) is 6.42 Å². The minimum Gasteiger partial charge on any atom is -0.381 e. The Labute approximate surface area is 114 Å². The summed E-state index contributed by atoms with van der Waals surface area (Å²) in [6, 6.07) is -0.536. The lowest BCUT2D eigenvalue weighted by molar-refractivity contribution is -0.125. The second-order valence-corrected chi connectivity index (χ2v) is 7.30. The summed E-state index contributed by atoms with van der Waals surface area (Å²) in [7, 11) is -3.31. The number of hydrogen-bond acceptors (Lipinski definition) is 4. The maximum Gasteiger partial charge on any atom is 0.238 e. The Bertz CT molecular complexity index is 417. The number of sulfonamides is 1. The van der Waals surface area contributed by atoms with Crippen molar-refractivity contribution in [2.75, 3.05) is 32.6 Å². The van der Waals surface area contributed by atoms with Gasteiger partial charge in [-0.05, 0) is 19.3 Å². The summed E-state index contributed by atoms with van der Waals surface area (Å²) in [6.45, 7) is 2.45. The van der Waals surface area contributed by atoms with Crippen LogP contribution in [0.3, 0.4) is 0 Å². The van der Waals surface area contributed by atoms with Crippen LogP contribution < -0.4 is 5.32 Å². The molecule has 2 heterocycles. The van der Waals surface area contributed by atoms with Crippen LogP contribution in [0.15, 0.2) is 0 Å². The molecule has 0 aliphatic carbocycles. The highest BCUT2D eigenvalue weighted by atomic mass is 32.2. The first-order chi connectivity index (χ1) is 8.98. The van der Waals surface area contributed by atoms with Crippen LogP contribution in [0.5, 0.6) is 0 Å². The fraction of sp³-hybridized carbons (Fsp3) is 0.917. The molecule has 0 radical (unpaired) electrons. The summed E-state index contributed by atoms with van der Waals surface area (Å²) >= 11 is 0. The molecule has 2 atom stereocenters. The third kappa shape index (κ3) is 3.90. The van der Waals surface area contributed by atoms with E-state index in [4.69, 9.17) is 4.74 Å². The van der Waals surface area contributed by atoms with E-state index in [2.05, 4.69) is 5.32 Å². The zero-order valence-electron chi connectivity index (χ0n) is 11.3. The zero-order valence-corrected chi connectivity index (χ0v) is 12.1. The van der Waals surface area contributed by atoms with Gasteiger partial charge in [0.2, 0.25) is 15.9 Å². The van der Waals surface area contributed by atoms with E-state index >= 15 is 0 Å². The molecule has 1 amide bonds. The molecule has 0 saturated carbocycles. The Morgan fingerprint density at radius 3 is 2.79 bits per heavy atom. The minimum absolute atomic E-state index is 0.169. The van der Waals surface area contributed by atoms with Gasteiger partial charge in [-0.15, -0.1) is 0 Å². The summed E-state index contributed by atoms with van der Waals surface area (Å²) in [4.78, 5) is 12.2. The molecule has 1 N–H and O–H groups in total. The molecule has 19 heavy (non-hydrogen) atoms. The molecule has 110 valence electrons. The SMILES string of the molecule is CS(=O)(=O)N1CCCC[C@@H]1C(=O)NC[C@@H]1CCOC1. The van der Waals surface area contributed by atoms with Crippen molar-refractivity contribution in [1.29, 1.82) is 0 Å². The highest BCUT2D eigenvalue weighted by Gasteiger charge is 2.34. The number of carbonyl (C=O) groups is 1. The monoisotopic (exact) mass is 290 g/mol. The van der Waals surface area contributed by atoms with Crippen LogP contribution in [-0.2, 0) is 19.6 Å². The predicted octanol–water partition coefficient (Wildman–Crippen LogP) is -0.0468. The summed E-state index contributed by atoms with van der Waals surface area (Å²) in [6.07, 6.45) is 4.47. The fourth-order valence-corrected chi connectivity index (χ4v) is 3.80. The first-order valence-corrected chi connectivity index (χ1v) is 8.65. The lowest BCUT2D eigenvalue weighted by Gasteiger charge is -2.32. The van der Waals surface area contributed by atoms with Gasteiger partial charge in [0.15, 0.2) is 0 Å². The summed E-state index contributed by atoms with van der Waals surface area (Å²) < 4.78 is 30.0. The van der Waals surface area contributed by atoms with E-state index < -0.39 is 16.1 Å². The fourth-order valence-electron chi connectivity index (χ4n) is 2.67. The van der Waals surface area contributed by atoms with Crippen molar-refractivity contribution in [3.8, 4) is 0 Å². The molecule has 2 aliphatic heterocycles. The van der Waals surface area contributed by atoms with Crippen LogP contribution in [-0.4, -0.2) is 57.2 Å². The number of nitrogens with zero attached hydrogens (tertiary/aromatic N) is 1. The molecule has 2 rings (SSSR count). The standard InChI is InChI=1S/C12H22N2O4S/c1-19(16,17)14-6-3-2-4-11(14)12(15)13-8-10-5-7-18-9-10/h10-11H,2-9H2,1H3,(H,13,15)/t10-,11+/m0/s1. The van der Waals surface area contributed by atoms with E-state index in [1.165, 1.54) is 10.6 Å². The molecule has 0 spiro atoms. The predicted molar refractivity (Wildman–Crippen MR) is 71.1 cm³/mol. The van der Waals surface area contributed by atoms with Gasteiger partial charge in [0.25, 0.3) is 0 Å². The van der Waals surface area contributed by atoms with Gasteiger partial charge in [-0.2, -0.15) is 4.31 Å². The van der Waals surface area contributed by atoms with Crippen molar-refractivity contribution in [1.82, 2.24) is 9.62 Å². The molecule has 2 saturated heterocycles. The largest absolute Gasteiger partial charge is 0.381 e. The number of nitrogens with one attached hydrogen (secondary N) is 1. The molecule has 7 heteroatoms. The molecule has 0 aromatic carbocycles. The van der Waals surface area contributed by atoms with Gasteiger partial charge in [-0.3, -0.25) is 4.79 Å². The number of hydrogen-bond donors (Lipinski definition) is 1. The number of rotatable bonds is 4. The zero-order chi connectivity index (χ0) is 13.9. The highest BCUT2D eigenvalue weighted by molar-refractivity contribution is 7.88. The van der Waals surface area contributed by atoms with Crippen LogP contribution in [0, 0.1) is 5.92 Å². The van der Waals surface area contributed by atoms with Crippen molar-refractivity contribution in [2.24, 2.45) is 5.92 Å². The Morgan fingerprint density at radius 1 is 1.37 bits per heavy atom. The summed E-state index contributed by atoms with van der Waals surface area (Å²) in [5.41, 5.74) is 0. The average molecular weight is 290 g/mol. The number of piperidine rings is 1. The number of ether oxygens (including phenoxy) is 1. The normalized spacial score (nSPS) is 29.3. The van der Waals surface area contributed by atoms with Crippen molar-refractivity contribution in [3.05, 3.63) is 0 Å². The van der Waals surface area contributed by atoms with Crippen LogP contribution in [0.1, 0.15) is 25.7 Å². The summed E-state index contributed by atoms with van der Waals surface area (Å²) in [5.74, 6) is 0.191. The molecule has 0 aromatic heterocycles. The van der Waals surface area contributed by atoms with Crippen LogP contribution in [0.25, 0.3) is 0 Å². The van der Waals surface area contributed by atoms with Crippen LogP contribution in [0.2, 0.25) is 0 Å². The van der Waals surface area contributed by atoms with E-state index in [9.17, 15) is 13.2 Å². The van der Waals surface area contributed by atoms with E-state index in [0.29, 0.717) is 32.0 Å². The Kier molecular flexibility index (Phi) is 4.81. The Hall–Kier alpha value is -0.660. The van der Waals surface area contributed by atoms with Gasteiger partial charge in [-0.25, -0.2) is 8.42 Å². The molecular formula is C12H22N2O4S. The lowest BCUT2D eigenvalue weighted by Crippen LogP contribution is -2.52. The summed E-state index contributed by atoms with van der Waals surface area (Å²) in [5, 5.41) is 2.87. The molecule has 2 fully saturated rings. The first-order valence-electron chi connectivity index (χ1n) is 6.81. The smallest absolute Gasteiger partial charge is 0.238 e. The maximum atomic E-state index is 12.2. The van der Waals surface area contributed by atoms with Crippen LogP contribution >= 0.6 is 0 Å². The van der Waals surface area contributed by atoms with E-state index in [0.717, 1.165) is 25.9 Å². The van der Waals surface area contributed by atoms with Gasteiger partial charge in [0, 0.05) is 25.6 Å². The Morgan fingerprint density at radius 2 is 2.16 bits per heavy atom. The third-order valence-corrected chi connectivity index (χ3v) is 5.06. The van der Waals surface area contributed by atoms with Crippen molar-refractivity contribution >= 4 is 15.9 Å². The quantitative estimate of drug-likeness (QED) is 0.788. The second-order valence-electron chi connectivity index (χ2n) is 5.36. The van der Waals surface area contributed by atoms with Crippen molar-refractivity contribution in [3.63, 3.8) is 0 Å². The average Bonchev–Trinajstić information content (AvgIpc) is 2.88. The third-order valence-electron chi connectivity index (χ3n) is 3.77. The van der Waals surface area contributed by atoms with Crippen molar-refractivity contribution in [2.45, 2.75) is 31.7 Å². The maximum absolute atomic E-state index is 12.2. The Balaban J connectivity index is 1.91. The van der Waals surface area contributed by atoms with E-state index in [1.54, 1.807) is 0 Å². The molecule has 0 bridgehead atoms. The van der Waals surface area contributed by atoms with Crippen molar-refractivity contribution < 1.29 is 17.9 Å². The second kappa shape index (κ2) is 6.19. The van der Waals surface area contributed by atoms with Gasteiger partial charge < -0.3 is 10.1 Å². The number of carbonyl (C=O) groups excluding carboxylic acids is 1. The highest BCUT2D eigenvalue weighted by Crippen LogP contribution is 2.20. The van der Waals surface area contributed by atoms with Gasteiger partial charge in [0.05, 0.1) is 12.9 Å².